The summed E-state index contributed by atoms with van der Waals surface area (Å²) < 4.78 is 0. The third-order valence-corrected chi connectivity index (χ3v) is 14.2. The maximum absolute atomic E-state index is 2.47. The van der Waals surface area contributed by atoms with Crippen LogP contribution in [0.1, 0.15) is 47.2 Å². The molecule has 0 bridgehead atoms. The molecule has 2 aliphatic rings. The number of hydrogen-bond acceptors (Lipinski definition) is 1. The van der Waals surface area contributed by atoms with E-state index in [2.05, 4.69) is 255 Å². The van der Waals surface area contributed by atoms with Crippen molar-refractivity contribution in [2.24, 2.45) is 0 Å². The fourth-order valence-electron chi connectivity index (χ4n) is 11.0. The van der Waals surface area contributed by atoms with Crippen LogP contribution in [0.5, 0.6) is 0 Å². The molecular weight excluding hydrogens is 759 g/mol. The predicted molar refractivity (Wildman–Crippen MR) is 264 cm³/mol. The lowest BCUT2D eigenvalue weighted by atomic mass is 9.74. The summed E-state index contributed by atoms with van der Waals surface area (Å²) in [4.78, 5) is 2.47. The Kier molecular flexibility index (Phi) is 8.49. The molecule has 1 nitrogen and oxygen atoms in total. The van der Waals surface area contributed by atoms with Gasteiger partial charge in [-0.25, -0.2) is 0 Å². The fourth-order valence-corrected chi connectivity index (χ4v) is 11.0. The van der Waals surface area contributed by atoms with E-state index >= 15 is 0 Å². The Balaban J connectivity index is 1.03. The van der Waals surface area contributed by atoms with Crippen LogP contribution in [0, 0.1) is 0 Å². The number of nitrogens with zero attached hydrogens (tertiary/aromatic N) is 1. The Morgan fingerprint density at radius 1 is 0.286 bits per heavy atom. The van der Waals surface area contributed by atoms with Crippen LogP contribution in [0.15, 0.2) is 237 Å². The monoisotopic (exact) mass is 803 g/mol. The molecule has 2 unspecified atom stereocenters. The zero-order chi connectivity index (χ0) is 42.1. The molecule has 12 rings (SSSR count). The average molecular weight is 804 g/mol. The van der Waals surface area contributed by atoms with Crippen molar-refractivity contribution in [2.45, 2.75) is 24.7 Å². The van der Waals surface area contributed by atoms with Gasteiger partial charge in [0.2, 0.25) is 0 Å². The second-order valence-corrected chi connectivity index (χ2v) is 17.5. The normalized spacial score (nSPS) is 16.9. The summed E-state index contributed by atoms with van der Waals surface area (Å²) in [7, 11) is 0. The number of fused-ring (bicyclic) bond motifs is 7. The van der Waals surface area contributed by atoms with Gasteiger partial charge in [0.15, 0.2) is 0 Å². The highest BCUT2D eigenvalue weighted by Crippen LogP contribution is 2.56. The van der Waals surface area contributed by atoms with E-state index in [0.29, 0.717) is 0 Å². The quantitative estimate of drug-likeness (QED) is 0.155. The Bertz CT molecular complexity index is 3220. The molecule has 0 saturated carbocycles. The lowest BCUT2D eigenvalue weighted by Crippen LogP contribution is -2.23. The Morgan fingerprint density at radius 3 is 1.33 bits per heavy atom. The summed E-state index contributed by atoms with van der Waals surface area (Å²) in [5.74, 6) is 0. The average Bonchev–Trinajstić information content (AvgIpc) is 3.77. The van der Waals surface area contributed by atoms with Crippen LogP contribution in [0.25, 0.3) is 55.3 Å². The van der Waals surface area contributed by atoms with Crippen molar-refractivity contribution in [3.63, 3.8) is 0 Å². The van der Waals surface area contributed by atoms with E-state index in [9.17, 15) is 0 Å². The number of benzene rings is 10. The van der Waals surface area contributed by atoms with Crippen LogP contribution in [-0.4, -0.2) is 0 Å². The van der Waals surface area contributed by atoms with Gasteiger partial charge >= 0.3 is 0 Å². The molecule has 1 heteroatoms. The standard InChI is InChI=1S/C62H45N/c1-61(46-21-5-3-6-22-46)57-29-13-11-26-53(57)55-37-35-49(40-59(55)61)63(50-36-38-56-54-27-12-14-30-58(54)62(2,60(56)41-50)47-23-7-4-8-24-47)48-33-31-42(32-34-48)44-19-15-20-45(39-44)52-28-16-18-43-17-9-10-25-51(43)52/h3-41H,1-2H3. The van der Waals surface area contributed by atoms with Gasteiger partial charge in [0.05, 0.1) is 0 Å². The zero-order valence-electron chi connectivity index (χ0n) is 35.5. The second kappa shape index (κ2) is 14.4. The van der Waals surface area contributed by atoms with Crippen molar-refractivity contribution >= 4 is 27.8 Å². The first-order chi connectivity index (χ1) is 31.0. The van der Waals surface area contributed by atoms with Gasteiger partial charge in [-0.15, -0.1) is 0 Å². The summed E-state index contributed by atoms with van der Waals surface area (Å²) in [5.41, 5.74) is 20.7. The van der Waals surface area contributed by atoms with Gasteiger partial charge in [0, 0.05) is 27.9 Å². The molecule has 63 heavy (non-hydrogen) atoms. The molecule has 0 aliphatic heterocycles. The van der Waals surface area contributed by atoms with Gasteiger partial charge < -0.3 is 4.90 Å². The van der Waals surface area contributed by atoms with E-state index in [1.807, 2.05) is 0 Å². The minimum atomic E-state index is -0.320. The molecule has 2 atom stereocenters. The largest absolute Gasteiger partial charge is 0.310 e. The summed E-state index contributed by atoms with van der Waals surface area (Å²) in [5, 5.41) is 2.52. The molecule has 0 saturated heterocycles. The van der Waals surface area contributed by atoms with Gasteiger partial charge in [0.25, 0.3) is 0 Å². The fraction of sp³-hybridized carbons (Fsp3) is 0.0645. The van der Waals surface area contributed by atoms with Crippen LogP contribution < -0.4 is 4.90 Å². The van der Waals surface area contributed by atoms with Crippen molar-refractivity contribution in [1.82, 2.24) is 0 Å². The van der Waals surface area contributed by atoms with Crippen molar-refractivity contribution in [1.29, 1.82) is 0 Å². The molecular formula is C62H45N. The molecule has 0 N–H and O–H groups in total. The Hall–Kier alpha value is -7.74. The van der Waals surface area contributed by atoms with Gasteiger partial charge in [-0.2, -0.15) is 0 Å². The van der Waals surface area contributed by atoms with Gasteiger partial charge in [-0.1, -0.05) is 194 Å². The number of hydrogen-bond donors (Lipinski definition) is 0. The summed E-state index contributed by atoms with van der Waals surface area (Å²) in [6.45, 7) is 4.81. The van der Waals surface area contributed by atoms with Crippen LogP contribution >= 0.6 is 0 Å². The van der Waals surface area contributed by atoms with E-state index in [1.54, 1.807) is 0 Å². The third kappa shape index (κ3) is 5.70. The van der Waals surface area contributed by atoms with Gasteiger partial charge in [0.1, 0.15) is 0 Å². The lowest BCUT2D eigenvalue weighted by Gasteiger charge is -2.32. The smallest absolute Gasteiger partial charge is 0.0465 e. The van der Waals surface area contributed by atoms with Gasteiger partial charge in [-0.3, -0.25) is 0 Å². The first kappa shape index (κ1) is 37.1. The van der Waals surface area contributed by atoms with Crippen molar-refractivity contribution in [3.05, 3.63) is 270 Å². The van der Waals surface area contributed by atoms with Gasteiger partial charge in [-0.05, 0) is 145 Å². The lowest BCUT2D eigenvalue weighted by molar-refractivity contribution is 0.713. The first-order valence-electron chi connectivity index (χ1n) is 22.1. The molecule has 0 radical (unpaired) electrons. The first-order valence-corrected chi connectivity index (χ1v) is 22.1. The maximum Gasteiger partial charge on any atom is 0.0465 e. The SMILES string of the molecule is CC1(c2ccccc2)c2ccccc2-c2ccc(N(c3ccc(-c4cccc(-c5cccc6ccccc56)c4)cc3)c3ccc4c(c3)C(C)(c3ccccc3)c3ccccc3-4)cc21. The molecule has 10 aromatic rings. The Labute approximate surface area is 370 Å². The Morgan fingerprint density at radius 2 is 0.730 bits per heavy atom. The van der Waals surface area contributed by atoms with Crippen molar-refractivity contribution < 1.29 is 0 Å². The van der Waals surface area contributed by atoms with E-state index in [-0.39, 0.29) is 10.8 Å². The molecule has 0 amide bonds. The third-order valence-electron chi connectivity index (χ3n) is 14.2. The van der Waals surface area contributed by atoms with Crippen molar-refractivity contribution in [3.8, 4) is 44.5 Å². The maximum atomic E-state index is 2.47. The van der Waals surface area contributed by atoms with E-state index in [4.69, 9.17) is 0 Å². The number of rotatable bonds is 7. The summed E-state index contributed by atoms with van der Waals surface area (Å²) in [6.07, 6.45) is 0. The second-order valence-electron chi connectivity index (χ2n) is 17.5. The van der Waals surface area contributed by atoms with E-state index in [0.717, 1.165) is 17.1 Å². The minimum Gasteiger partial charge on any atom is -0.310 e. The van der Waals surface area contributed by atoms with E-state index in [1.165, 1.54) is 88.7 Å². The summed E-state index contributed by atoms with van der Waals surface area (Å²) >= 11 is 0. The highest BCUT2D eigenvalue weighted by atomic mass is 15.1. The molecule has 298 valence electrons. The molecule has 2 aliphatic carbocycles. The van der Waals surface area contributed by atoms with Crippen LogP contribution in [0.4, 0.5) is 17.1 Å². The summed E-state index contributed by atoms with van der Waals surface area (Å²) in [6, 6.07) is 87.7. The number of anilines is 3. The van der Waals surface area contributed by atoms with Crippen LogP contribution in [0.3, 0.4) is 0 Å². The highest BCUT2D eigenvalue weighted by molar-refractivity contribution is 5.97. The molecule has 10 aromatic carbocycles. The topological polar surface area (TPSA) is 3.24 Å². The molecule has 0 aromatic heterocycles. The zero-order valence-corrected chi connectivity index (χ0v) is 35.5. The van der Waals surface area contributed by atoms with Crippen LogP contribution in [0.2, 0.25) is 0 Å². The molecule has 0 spiro atoms. The molecule has 0 heterocycles. The van der Waals surface area contributed by atoms with Crippen LogP contribution in [-0.2, 0) is 10.8 Å². The minimum absolute atomic E-state index is 0.320. The molecule has 0 fully saturated rings. The predicted octanol–water partition coefficient (Wildman–Crippen LogP) is 16.3. The van der Waals surface area contributed by atoms with Crippen molar-refractivity contribution in [2.75, 3.05) is 4.90 Å². The van der Waals surface area contributed by atoms with E-state index < -0.39 is 0 Å². The highest BCUT2D eigenvalue weighted by Gasteiger charge is 2.43.